The Hall–Kier alpha value is -4.57. The number of aromatic nitrogens is 1. The van der Waals surface area contributed by atoms with E-state index in [4.69, 9.17) is 4.74 Å². The number of aryl methyl sites for hydroxylation is 1. The van der Waals surface area contributed by atoms with Crippen molar-refractivity contribution in [1.29, 1.82) is 0 Å². The molecule has 3 heterocycles. The molecule has 1 aromatic heterocycles. The monoisotopic (exact) mass is 512 g/mol. The lowest BCUT2D eigenvalue weighted by molar-refractivity contribution is -0.120. The number of morpholine rings is 1. The predicted molar refractivity (Wildman–Crippen MR) is 142 cm³/mol. The molecule has 2 aliphatic heterocycles. The van der Waals surface area contributed by atoms with Gasteiger partial charge in [-0.3, -0.25) is 20.0 Å². The highest BCUT2D eigenvalue weighted by molar-refractivity contribution is 6.16. The van der Waals surface area contributed by atoms with Gasteiger partial charge in [-0.1, -0.05) is 54.6 Å². The van der Waals surface area contributed by atoms with Crippen molar-refractivity contribution in [2.45, 2.75) is 19.5 Å². The Morgan fingerprint density at radius 1 is 1.00 bits per heavy atom. The van der Waals surface area contributed by atoms with Crippen molar-refractivity contribution in [2.75, 3.05) is 31.2 Å². The van der Waals surface area contributed by atoms with Gasteiger partial charge in [-0.15, -0.1) is 0 Å². The maximum absolute atomic E-state index is 13.0. The first-order chi connectivity index (χ1) is 18.5. The molecule has 1 fully saturated rings. The van der Waals surface area contributed by atoms with Crippen molar-refractivity contribution in [3.05, 3.63) is 94.8 Å². The van der Waals surface area contributed by atoms with E-state index in [0.29, 0.717) is 37.7 Å². The van der Waals surface area contributed by atoms with Crippen LogP contribution in [0.15, 0.2) is 71.9 Å². The molecular weight excluding hydrogens is 484 g/mol. The summed E-state index contributed by atoms with van der Waals surface area (Å²) in [5.74, 6) is -0.839. The molecule has 5 rings (SSSR count). The van der Waals surface area contributed by atoms with Crippen molar-refractivity contribution in [1.82, 2.24) is 21.2 Å². The zero-order chi connectivity index (χ0) is 26.5. The van der Waals surface area contributed by atoms with Gasteiger partial charge in [0.25, 0.3) is 5.91 Å². The normalized spacial score (nSPS) is 17.1. The van der Waals surface area contributed by atoms with Gasteiger partial charge in [0.05, 0.1) is 24.6 Å². The molecule has 3 N–H and O–H groups in total. The van der Waals surface area contributed by atoms with Crippen molar-refractivity contribution in [3.63, 3.8) is 0 Å². The Labute approximate surface area is 220 Å². The zero-order valence-electron chi connectivity index (χ0n) is 20.9. The lowest BCUT2D eigenvalue weighted by Gasteiger charge is -2.30. The fraction of sp³-hybridized carbons (Fsp3) is 0.250. The minimum atomic E-state index is -1.13. The first-order valence-corrected chi connectivity index (χ1v) is 12.4. The molecule has 0 aliphatic carbocycles. The summed E-state index contributed by atoms with van der Waals surface area (Å²) >= 11 is 0. The lowest BCUT2D eigenvalue weighted by Crippen LogP contribution is -2.51. The van der Waals surface area contributed by atoms with Crippen LogP contribution in [0.4, 0.5) is 10.5 Å². The van der Waals surface area contributed by atoms with Gasteiger partial charge >= 0.3 is 6.03 Å². The summed E-state index contributed by atoms with van der Waals surface area (Å²) in [6.07, 6.45) is 0.584. The molecule has 1 atom stereocenters. The predicted octanol–water partition coefficient (Wildman–Crippen LogP) is 2.16. The van der Waals surface area contributed by atoms with Gasteiger partial charge in [-0.2, -0.15) is 0 Å². The number of rotatable bonds is 4. The van der Waals surface area contributed by atoms with Crippen LogP contribution in [0.5, 0.6) is 0 Å². The molecule has 2 aliphatic rings. The molecular formula is C28H28N6O4. The number of pyridine rings is 1. The Kier molecular flexibility index (Phi) is 7.41. The van der Waals surface area contributed by atoms with Crippen LogP contribution in [0.1, 0.15) is 32.7 Å². The topological polar surface area (TPSA) is 125 Å². The van der Waals surface area contributed by atoms with Crippen molar-refractivity contribution >= 4 is 29.1 Å². The number of hydrazine groups is 1. The molecule has 10 nitrogen and oxygen atoms in total. The third-order valence-electron chi connectivity index (χ3n) is 6.38. The summed E-state index contributed by atoms with van der Waals surface area (Å²) in [5.41, 5.74) is 9.61. The first-order valence-electron chi connectivity index (χ1n) is 12.4. The molecule has 10 heteroatoms. The van der Waals surface area contributed by atoms with Gasteiger partial charge in [-0.25, -0.2) is 15.2 Å². The minimum absolute atomic E-state index is 0.115. The van der Waals surface area contributed by atoms with Crippen LogP contribution >= 0.6 is 0 Å². The summed E-state index contributed by atoms with van der Waals surface area (Å²) in [5, 5.41) is 2.59. The van der Waals surface area contributed by atoms with Gasteiger partial charge in [-0.05, 0) is 24.1 Å². The number of hydrogen-bond acceptors (Lipinski definition) is 7. The highest BCUT2D eigenvalue weighted by atomic mass is 16.5. The number of carbonyl (C=O) groups is 3. The average molecular weight is 513 g/mol. The molecule has 0 radical (unpaired) electrons. The summed E-state index contributed by atoms with van der Waals surface area (Å²) < 4.78 is 5.41. The van der Waals surface area contributed by atoms with Crippen LogP contribution in [-0.4, -0.2) is 60.9 Å². The largest absolute Gasteiger partial charge is 0.378 e. The summed E-state index contributed by atoms with van der Waals surface area (Å²) in [6, 6.07) is 18.2. The summed E-state index contributed by atoms with van der Waals surface area (Å²) in [6.45, 7) is 4.28. The van der Waals surface area contributed by atoms with Gasteiger partial charge in [0.15, 0.2) is 17.6 Å². The summed E-state index contributed by atoms with van der Waals surface area (Å²) in [7, 11) is 0. The van der Waals surface area contributed by atoms with E-state index in [-0.39, 0.29) is 17.9 Å². The fourth-order valence-corrected chi connectivity index (χ4v) is 4.51. The second-order valence-electron chi connectivity index (χ2n) is 9.08. The Bertz CT molecular complexity index is 1390. The number of anilines is 1. The van der Waals surface area contributed by atoms with Gasteiger partial charge in [0.2, 0.25) is 0 Å². The molecule has 38 heavy (non-hydrogen) atoms. The number of urea groups is 1. The quantitative estimate of drug-likeness (QED) is 0.460. The van der Waals surface area contributed by atoms with Crippen molar-refractivity contribution in [3.8, 4) is 0 Å². The molecule has 1 saturated heterocycles. The maximum Gasteiger partial charge on any atom is 0.335 e. The number of Topliss-reactive ketones (excluding diaryl/α,β-unsaturated/α-hetero) is 1. The molecule has 3 aromatic rings. The van der Waals surface area contributed by atoms with Crippen LogP contribution in [0.2, 0.25) is 0 Å². The number of carbonyl (C=O) groups excluding carboxylic acids is 3. The van der Waals surface area contributed by atoms with E-state index in [9.17, 15) is 14.4 Å². The molecule has 0 spiro atoms. The second kappa shape index (κ2) is 11.2. The molecule has 0 saturated carbocycles. The van der Waals surface area contributed by atoms with E-state index in [1.54, 1.807) is 6.20 Å². The van der Waals surface area contributed by atoms with Gasteiger partial charge in [0.1, 0.15) is 0 Å². The van der Waals surface area contributed by atoms with Gasteiger partial charge < -0.3 is 15.0 Å². The van der Waals surface area contributed by atoms with E-state index in [2.05, 4.69) is 26.1 Å². The van der Waals surface area contributed by atoms with Crippen LogP contribution in [0, 0.1) is 6.92 Å². The Morgan fingerprint density at radius 2 is 1.74 bits per heavy atom. The van der Waals surface area contributed by atoms with E-state index in [1.165, 1.54) is 0 Å². The number of ketones is 1. The number of aliphatic imine (C=N–C) groups is 1. The highest BCUT2D eigenvalue weighted by Gasteiger charge is 2.27. The Morgan fingerprint density at radius 3 is 2.53 bits per heavy atom. The van der Waals surface area contributed by atoms with Crippen LogP contribution in [0.3, 0.4) is 0 Å². The maximum atomic E-state index is 13.0. The number of benzene rings is 2. The standard InChI is InChI=1S/C28H28N6O4/c1-18-15-22(34-11-13-38-14-12-34)25(29-17-18)27(36)32-33-28(37)31-26-23(35)16-20-9-5-6-10-21(20)24(30-26)19-7-3-2-4-8-19/h2-10,15,17,26H,11-14,16H2,1H3,(H,32,36)(H2,31,33,37)/t26-/m1/s1. The van der Waals surface area contributed by atoms with Crippen molar-refractivity contribution in [2.24, 2.45) is 4.99 Å². The molecule has 0 unspecified atom stereocenters. The fourth-order valence-electron chi connectivity index (χ4n) is 4.51. The van der Waals surface area contributed by atoms with E-state index >= 15 is 0 Å². The van der Waals surface area contributed by atoms with E-state index < -0.39 is 18.1 Å². The zero-order valence-corrected chi connectivity index (χ0v) is 20.9. The molecule has 3 amide bonds. The van der Waals surface area contributed by atoms with Crippen LogP contribution in [-0.2, 0) is 16.0 Å². The number of fused-ring (bicyclic) bond motifs is 1. The number of hydrogen-bond donors (Lipinski definition) is 3. The lowest BCUT2D eigenvalue weighted by atomic mass is 9.96. The number of amides is 3. The van der Waals surface area contributed by atoms with Crippen LogP contribution in [0.25, 0.3) is 0 Å². The van der Waals surface area contributed by atoms with Gasteiger partial charge in [0, 0.05) is 36.8 Å². The molecule has 2 aromatic carbocycles. The van der Waals surface area contributed by atoms with E-state index in [1.807, 2.05) is 72.5 Å². The number of nitrogens with one attached hydrogen (secondary N) is 3. The first kappa shape index (κ1) is 25.1. The third-order valence-corrected chi connectivity index (χ3v) is 6.38. The second-order valence-corrected chi connectivity index (χ2v) is 9.08. The SMILES string of the molecule is Cc1cnc(C(=O)NNC(=O)N[C@H]2N=C(c3ccccc3)c3ccccc3CC2=O)c(N2CCOCC2)c1. The van der Waals surface area contributed by atoms with E-state index in [0.717, 1.165) is 22.3 Å². The van der Waals surface area contributed by atoms with Crippen LogP contribution < -0.4 is 21.1 Å². The molecule has 194 valence electrons. The highest BCUT2D eigenvalue weighted by Crippen LogP contribution is 2.22. The number of nitrogens with zero attached hydrogens (tertiary/aromatic N) is 3. The Balaban J connectivity index is 1.31. The average Bonchev–Trinajstić information content (AvgIpc) is 3.08. The minimum Gasteiger partial charge on any atom is -0.378 e. The molecule has 0 bridgehead atoms. The summed E-state index contributed by atoms with van der Waals surface area (Å²) in [4.78, 5) is 49.7. The number of ether oxygens (including phenoxy) is 1. The smallest absolute Gasteiger partial charge is 0.335 e. The third kappa shape index (κ3) is 5.55. The van der Waals surface area contributed by atoms with Crippen molar-refractivity contribution < 1.29 is 19.1 Å².